The summed E-state index contributed by atoms with van der Waals surface area (Å²) in [6.45, 7) is -2.46. The van der Waals surface area contributed by atoms with E-state index in [4.69, 9.17) is 37.4 Å². The number of Topliss-reactive ketones (excluding diaryl/α,β-unsaturated/α-hetero) is 1. The third kappa shape index (κ3) is 9.11. The van der Waals surface area contributed by atoms with Gasteiger partial charge in [0.15, 0.2) is 17.3 Å². The summed E-state index contributed by atoms with van der Waals surface area (Å²) in [6.07, 6.45) is 3.73. The van der Waals surface area contributed by atoms with Gasteiger partial charge < -0.3 is 18.9 Å². The van der Waals surface area contributed by atoms with Crippen molar-refractivity contribution in [1.29, 1.82) is 0 Å². The van der Waals surface area contributed by atoms with E-state index in [9.17, 15) is 18.4 Å². The molecular formula is C22H23Cl2F2NO6. The number of benzene rings is 1. The first-order valence-electron chi connectivity index (χ1n) is 9.99. The van der Waals surface area contributed by atoms with Crippen LogP contribution in [0.5, 0.6) is 11.5 Å². The molecule has 1 heterocycles. The molecule has 0 N–H and O–H groups in total. The van der Waals surface area contributed by atoms with Gasteiger partial charge in [-0.2, -0.15) is 8.78 Å². The molecule has 0 aliphatic rings. The maximum absolute atomic E-state index is 12.8. The van der Waals surface area contributed by atoms with Gasteiger partial charge in [-0.3, -0.25) is 14.6 Å². The van der Waals surface area contributed by atoms with Crippen molar-refractivity contribution in [1.82, 2.24) is 4.98 Å². The van der Waals surface area contributed by atoms with Crippen molar-refractivity contribution in [3.63, 3.8) is 0 Å². The molecule has 7 nitrogen and oxygen atoms in total. The quantitative estimate of drug-likeness (QED) is 0.199. The van der Waals surface area contributed by atoms with Gasteiger partial charge in [0.25, 0.3) is 0 Å². The van der Waals surface area contributed by atoms with Crippen molar-refractivity contribution in [2.24, 2.45) is 0 Å². The summed E-state index contributed by atoms with van der Waals surface area (Å²) in [5, 5.41) is 0.483. The van der Waals surface area contributed by atoms with Crippen LogP contribution in [0.3, 0.4) is 0 Å². The topological polar surface area (TPSA) is 84.0 Å². The van der Waals surface area contributed by atoms with Gasteiger partial charge in [-0.15, -0.1) is 0 Å². The number of esters is 1. The molecule has 0 aliphatic heterocycles. The van der Waals surface area contributed by atoms with Crippen LogP contribution in [0.25, 0.3) is 0 Å². The van der Waals surface area contributed by atoms with Gasteiger partial charge >= 0.3 is 12.6 Å². The lowest BCUT2D eigenvalue weighted by Crippen LogP contribution is -2.10. The van der Waals surface area contributed by atoms with Crippen LogP contribution in [0.2, 0.25) is 10.0 Å². The van der Waals surface area contributed by atoms with Gasteiger partial charge in [0.05, 0.1) is 23.3 Å². The number of nitrogens with zero attached hydrogens (tertiary/aromatic N) is 1. The molecular weight excluding hydrogens is 483 g/mol. The van der Waals surface area contributed by atoms with Crippen LogP contribution < -0.4 is 9.47 Å². The van der Waals surface area contributed by atoms with Crippen LogP contribution in [0.15, 0.2) is 30.6 Å². The Kier molecular flexibility index (Phi) is 11.3. The van der Waals surface area contributed by atoms with Crippen molar-refractivity contribution in [3.8, 4) is 11.5 Å². The number of rotatable bonds is 14. The number of ketones is 1. The summed E-state index contributed by atoms with van der Waals surface area (Å²) in [5.41, 5.74) is 0.614. The second-order valence-corrected chi connectivity index (χ2v) is 7.55. The minimum absolute atomic E-state index is 0.0178. The summed E-state index contributed by atoms with van der Waals surface area (Å²) in [6, 6.07) is 3.91. The van der Waals surface area contributed by atoms with Gasteiger partial charge in [-0.1, -0.05) is 23.2 Å². The number of carbonyl (C=O) groups is 2. The van der Waals surface area contributed by atoms with E-state index in [1.807, 2.05) is 0 Å². The first-order valence-corrected chi connectivity index (χ1v) is 10.7. The van der Waals surface area contributed by atoms with Crippen LogP contribution in [0.1, 0.15) is 35.2 Å². The Morgan fingerprint density at radius 3 is 2.42 bits per heavy atom. The average molecular weight is 506 g/mol. The Morgan fingerprint density at radius 1 is 1.03 bits per heavy atom. The summed E-state index contributed by atoms with van der Waals surface area (Å²) in [4.78, 5) is 28.1. The van der Waals surface area contributed by atoms with Crippen molar-refractivity contribution in [2.75, 3.05) is 26.9 Å². The normalized spacial score (nSPS) is 10.8. The van der Waals surface area contributed by atoms with Crippen molar-refractivity contribution in [2.45, 2.75) is 32.3 Å². The van der Waals surface area contributed by atoms with E-state index in [2.05, 4.69) is 9.72 Å². The number of unbranched alkanes of at least 4 members (excludes halogenated alkanes) is 1. The van der Waals surface area contributed by atoms with Gasteiger partial charge in [0, 0.05) is 43.5 Å². The first kappa shape index (κ1) is 26.8. The number of carbonyl (C=O) groups excluding carboxylic acids is 2. The largest absolute Gasteiger partial charge is 0.490 e. The number of alkyl halides is 2. The number of ether oxygens (including phenoxy) is 4. The molecule has 0 amide bonds. The smallest absolute Gasteiger partial charge is 0.387 e. The van der Waals surface area contributed by atoms with Crippen LogP contribution in [0, 0.1) is 0 Å². The van der Waals surface area contributed by atoms with Crippen LogP contribution in [-0.2, 0) is 20.7 Å². The second-order valence-electron chi connectivity index (χ2n) is 6.74. The molecule has 33 heavy (non-hydrogen) atoms. The summed E-state index contributed by atoms with van der Waals surface area (Å²) in [5.74, 6) is -0.941. The van der Waals surface area contributed by atoms with Crippen LogP contribution >= 0.6 is 23.2 Å². The molecule has 1 aromatic carbocycles. The van der Waals surface area contributed by atoms with Gasteiger partial charge in [0.1, 0.15) is 6.61 Å². The molecule has 0 bridgehead atoms. The van der Waals surface area contributed by atoms with E-state index >= 15 is 0 Å². The summed E-state index contributed by atoms with van der Waals surface area (Å²) in [7, 11) is 1.50. The molecule has 0 saturated heterocycles. The highest BCUT2D eigenvalue weighted by molar-refractivity contribution is 6.36. The molecule has 2 aromatic rings. The lowest BCUT2D eigenvalue weighted by Gasteiger charge is -2.14. The Hall–Kier alpha value is -2.49. The molecule has 0 atom stereocenters. The number of aromatic nitrogens is 1. The zero-order chi connectivity index (χ0) is 24.2. The summed E-state index contributed by atoms with van der Waals surface area (Å²) >= 11 is 12.1. The van der Waals surface area contributed by atoms with Crippen molar-refractivity contribution >= 4 is 35.0 Å². The third-order valence-corrected chi connectivity index (χ3v) is 5.01. The third-order valence-electron chi connectivity index (χ3n) is 4.35. The molecule has 180 valence electrons. The predicted octanol–water partition coefficient (Wildman–Crippen LogP) is 5.15. The minimum atomic E-state index is -3.06. The Bertz CT molecular complexity index is 925. The SMILES string of the molecule is COCCOC(=O)CCCCOc1cc(C(=O)Cc2c(Cl)cncc2Cl)ccc1OC(F)F. The number of halogens is 4. The van der Waals surface area contributed by atoms with E-state index < -0.39 is 6.61 Å². The maximum atomic E-state index is 12.8. The Labute approximate surface area is 199 Å². The van der Waals surface area contributed by atoms with Crippen LogP contribution in [-0.4, -0.2) is 50.3 Å². The Balaban J connectivity index is 1.99. The molecule has 0 fully saturated rings. The maximum Gasteiger partial charge on any atom is 0.387 e. The summed E-state index contributed by atoms with van der Waals surface area (Å²) < 4.78 is 45.3. The molecule has 0 radical (unpaired) electrons. The monoisotopic (exact) mass is 505 g/mol. The zero-order valence-electron chi connectivity index (χ0n) is 17.8. The zero-order valence-corrected chi connectivity index (χ0v) is 19.3. The number of methoxy groups -OCH3 is 1. The first-order chi connectivity index (χ1) is 15.8. The molecule has 1 aromatic heterocycles. The lowest BCUT2D eigenvalue weighted by molar-refractivity contribution is -0.145. The lowest BCUT2D eigenvalue weighted by atomic mass is 10.0. The second kappa shape index (κ2) is 13.9. The van der Waals surface area contributed by atoms with E-state index in [1.165, 1.54) is 37.7 Å². The van der Waals surface area contributed by atoms with Gasteiger partial charge in [0.2, 0.25) is 0 Å². The van der Waals surface area contributed by atoms with Crippen LogP contribution in [0.4, 0.5) is 8.78 Å². The average Bonchev–Trinajstić information content (AvgIpc) is 2.76. The van der Waals surface area contributed by atoms with Gasteiger partial charge in [-0.25, -0.2) is 0 Å². The molecule has 11 heteroatoms. The Morgan fingerprint density at radius 2 is 1.76 bits per heavy atom. The number of pyridine rings is 1. The fourth-order valence-corrected chi connectivity index (χ4v) is 3.22. The highest BCUT2D eigenvalue weighted by Crippen LogP contribution is 2.31. The predicted molar refractivity (Wildman–Crippen MR) is 118 cm³/mol. The van der Waals surface area contributed by atoms with Gasteiger partial charge in [-0.05, 0) is 31.0 Å². The van der Waals surface area contributed by atoms with E-state index in [0.29, 0.717) is 25.0 Å². The fourth-order valence-electron chi connectivity index (χ4n) is 2.72. The van der Waals surface area contributed by atoms with E-state index in [1.54, 1.807) is 0 Å². The van der Waals surface area contributed by atoms with E-state index in [0.717, 1.165) is 0 Å². The number of hydrogen-bond donors (Lipinski definition) is 0. The molecule has 0 saturated carbocycles. The van der Waals surface area contributed by atoms with E-state index in [-0.39, 0.29) is 64.9 Å². The molecule has 0 aliphatic carbocycles. The highest BCUT2D eigenvalue weighted by Gasteiger charge is 2.17. The molecule has 0 spiro atoms. The highest BCUT2D eigenvalue weighted by atomic mass is 35.5. The number of hydrogen-bond acceptors (Lipinski definition) is 7. The van der Waals surface area contributed by atoms with Crippen molar-refractivity contribution in [3.05, 3.63) is 51.8 Å². The minimum Gasteiger partial charge on any atom is -0.490 e. The van der Waals surface area contributed by atoms with Crippen molar-refractivity contribution < 1.29 is 37.3 Å². The standard InChI is InChI=1S/C22H23Cl2F2NO6/c1-30-8-9-32-21(29)4-2-3-7-31-20-10-14(5-6-19(20)33-22(25)26)18(28)11-15-16(23)12-27-13-17(15)24/h5-6,10,12-13,22H,2-4,7-9,11H2,1H3. The molecule has 0 unspecified atom stereocenters. The molecule has 2 rings (SSSR count). The fraction of sp³-hybridized carbons (Fsp3) is 0.409.